The first-order valence-electron chi connectivity index (χ1n) is 14.3. The zero-order chi connectivity index (χ0) is 30.4. The molecule has 6 heteroatoms. The number of hydrogen-bond acceptors (Lipinski definition) is 4. The van der Waals surface area contributed by atoms with Gasteiger partial charge in [-0.1, -0.05) is 85.7 Å². The van der Waals surface area contributed by atoms with Crippen LogP contribution in [0.15, 0.2) is 66.7 Å². The molecule has 0 aromatic heterocycles. The van der Waals surface area contributed by atoms with Crippen molar-refractivity contribution in [2.75, 3.05) is 13.7 Å². The van der Waals surface area contributed by atoms with Crippen LogP contribution in [0.5, 0.6) is 11.5 Å². The SMILES string of the molecule is COc1ccc(C(NC(=O)c2ccc(C(C)(C)C)cc2)NC(=O)c2ccc(C(C)(C)C)cc2)cc1OCCC(C)C. The molecule has 0 spiro atoms. The van der Waals surface area contributed by atoms with E-state index in [9.17, 15) is 9.59 Å². The molecule has 220 valence electrons. The van der Waals surface area contributed by atoms with Gasteiger partial charge in [0.2, 0.25) is 0 Å². The minimum Gasteiger partial charge on any atom is -0.493 e. The van der Waals surface area contributed by atoms with Crippen LogP contribution in [0.2, 0.25) is 0 Å². The van der Waals surface area contributed by atoms with Crippen molar-refractivity contribution < 1.29 is 19.1 Å². The third-order valence-corrected chi connectivity index (χ3v) is 7.05. The highest BCUT2D eigenvalue weighted by Gasteiger charge is 2.22. The lowest BCUT2D eigenvalue weighted by Crippen LogP contribution is -2.41. The number of nitrogens with one attached hydrogen (secondary N) is 2. The van der Waals surface area contributed by atoms with Gasteiger partial charge in [0.25, 0.3) is 11.8 Å². The number of amides is 2. The number of methoxy groups -OCH3 is 1. The lowest BCUT2D eigenvalue weighted by molar-refractivity contribution is 0.0883. The smallest absolute Gasteiger partial charge is 0.253 e. The molecule has 0 saturated carbocycles. The Balaban J connectivity index is 1.92. The van der Waals surface area contributed by atoms with Crippen LogP contribution in [0.3, 0.4) is 0 Å². The Kier molecular flexibility index (Phi) is 10.2. The molecule has 0 aliphatic rings. The van der Waals surface area contributed by atoms with Crippen molar-refractivity contribution >= 4 is 11.8 Å². The van der Waals surface area contributed by atoms with Gasteiger partial charge in [-0.3, -0.25) is 9.59 Å². The first-order chi connectivity index (χ1) is 19.2. The maximum Gasteiger partial charge on any atom is 0.253 e. The molecule has 0 atom stereocenters. The molecular formula is C35H46N2O4. The Labute approximate surface area is 245 Å². The molecule has 3 rings (SSSR count). The Morgan fingerprint density at radius 2 is 1.17 bits per heavy atom. The molecule has 0 aliphatic carbocycles. The van der Waals surface area contributed by atoms with E-state index in [1.165, 1.54) is 0 Å². The summed E-state index contributed by atoms with van der Waals surface area (Å²) in [6, 6.07) is 20.6. The summed E-state index contributed by atoms with van der Waals surface area (Å²) in [6.45, 7) is 17.6. The zero-order valence-corrected chi connectivity index (χ0v) is 26.1. The highest BCUT2D eigenvalue weighted by atomic mass is 16.5. The van der Waals surface area contributed by atoms with E-state index in [2.05, 4.69) is 66.0 Å². The fraction of sp³-hybridized carbons (Fsp3) is 0.429. The number of carbonyl (C=O) groups is 2. The van der Waals surface area contributed by atoms with Gasteiger partial charge in [0.05, 0.1) is 13.7 Å². The van der Waals surface area contributed by atoms with Gasteiger partial charge in [-0.15, -0.1) is 0 Å². The van der Waals surface area contributed by atoms with Crippen LogP contribution in [0.4, 0.5) is 0 Å². The Hall–Kier alpha value is -3.80. The number of ether oxygens (including phenoxy) is 2. The highest BCUT2D eigenvalue weighted by Crippen LogP contribution is 2.31. The Morgan fingerprint density at radius 1 is 0.707 bits per heavy atom. The fourth-order valence-electron chi connectivity index (χ4n) is 4.27. The van der Waals surface area contributed by atoms with E-state index in [0.717, 1.165) is 17.5 Å². The fourth-order valence-corrected chi connectivity index (χ4v) is 4.27. The van der Waals surface area contributed by atoms with Crippen molar-refractivity contribution in [3.8, 4) is 11.5 Å². The maximum absolute atomic E-state index is 13.4. The zero-order valence-electron chi connectivity index (χ0n) is 26.1. The van der Waals surface area contributed by atoms with Crippen molar-refractivity contribution in [1.82, 2.24) is 10.6 Å². The van der Waals surface area contributed by atoms with Crippen LogP contribution < -0.4 is 20.1 Å². The molecule has 2 N–H and O–H groups in total. The first-order valence-corrected chi connectivity index (χ1v) is 14.3. The Morgan fingerprint density at radius 3 is 1.56 bits per heavy atom. The molecule has 3 aromatic carbocycles. The summed E-state index contributed by atoms with van der Waals surface area (Å²) in [5.74, 6) is 1.05. The molecule has 0 bridgehead atoms. The average Bonchev–Trinajstić information content (AvgIpc) is 2.91. The Bertz CT molecular complexity index is 1240. The second-order valence-corrected chi connectivity index (χ2v) is 13.0. The molecule has 6 nitrogen and oxygen atoms in total. The van der Waals surface area contributed by atoms with Crippen molar-refractivity contribution in [2.24, 2.45) is 5.92 Å². The first kappa shape index (κ1) is 31.7. The van der Waals surface area contributed by atoms with Gasteiger partial charge < -0.3 is 20.1 Å². The van der Waals surface area contributed by atoms with Gasteiger partial charge in [0.1, 0.15) is 6.17 Å². The van der Waals surface area contributed by atoms with Gasteiger partial charge in [-0.25, -0.2) is 0 Å². The summed E-state index contributed by atoms with van der Waals surface area (Å²) < 4.78 is 11.6. The van der Waals surface area contributed by atoms with Crippen molar-refractivity contribution in [2.45, 2.75) is 78.8 Å². The van der Waals surface area contributed by atoms with Gasteiger partial charge in [0, 0.05) is 11.1 Å². The van der Waals surface area contributed by atoms with E-state index in [-0.39, 0.29) is 22.6 Å². The number of carbonyl (C=O) groups excluding carboxylic acids is 2. The topological polar surface area (TPSA) is 76.7 Å². The molecular weight excluding hydrogens is 512 g/mol. The van der Waals surface area contributed by atoms with Crippen LogP contribution in [-0.4, -0.2) is 25.5 Å². The predicted octanol–water partition coefficient (Wildman–Crippen LogP) is 7.57. The lowest BCUT2D eigenvalue weighted by Gasteiger charge is -2.23. The van der Waals surface area contributed by atoms with Gasteiger partial charge >= 0.3 is 0 Å². The maximum atomic E-state index is 13.4. The highest BCUT2D eigenvalue weighted by molar-refractivity contribution is 5.97. The summed E-state index contributed by atoms with van der Waals surface area (Å²) >= 11 is 0. The lowest BCUT2D eigenvalue weighted by atomic mass is 9.86. The van der Waals surface area contributed by atoms with Gasteiger partial charge in [-0.05, 0) is 76.3 Å². The number of rotatable bonds is 10. The van der Waals surface area contributed by atoms with E-state index >= 15 is 0 Å². The third kappa shape index (κ3) is 8.84. The monoisotopic (exact) mass is 558 g/mol. The van der Waals surface area contributed by atoms with E-state index in [1.54, 1.807) is 13.2 Å². The largest absolute Gasteiger partial charge is 0.493 e. The van der Waals surface area contributed by atoms with E-state index in [1.807, 2.05) is 60.7 Å². The summed E-state index contributed by atoms with van der Waals surface area (Å²) in [5, 5.41) is 6.03. The van der Waals surface area contributed by atoms with Crippen LogP contribution >= 0.6 is 0 Å². The van der Waals surface area contributed by atoms with Crippen LogP contribution in [0, 0.1) is 5.92 Å². The quantitative estimate of drug-likeness (QED) is 0.252. The van der Waals surface area contributed by atoms with Crippen LogP contribution in [0.1, 0.15) is 105 Å². The molecule has 0 radical (unpaired) electrons. The number of benzene rings is 3. The van der Waals surface area contributed by atoms with Gasteiger partial charge in [0.15, 0.2) is 11.5 Å². The van der Waals surface area contributed by atoms with Crippen LogP contribution in [0.25, 0.3) is 0 Å². The predicted molar refractivity (Wildman–Crippen MR) is 166 cm³/mol. The van der Waals surface area contributed by atoms with Crippen molar-refractivity contribution in [3.63, 3.8) is 0 Å². The summed E-state index contributed by atoms with van der Waals surface area (Å²) in [4.78, 5) is 26.8. The minimum absolute atomic E-state index is 0.0247. The second kappa shape index (κ2) is 13.2. The van der Waals surface area contributed by atoms with E-state index in [0.29, 0.717) is 40.7 Å². The van der Waals surface area contributed by atoms with Crippen molar-refractivity contribution in [3.05, 3.63) is 94.5 Å². The molecule has 0 fully saturated rings. The van der Waals surface area contributed by atoms with E-state index in [4.69, 9.17) is 9.47 Å². The molecule has 0 saturated heterocycles. The van der Waals surface area contributed by atoms with Crippen LogP contribution in [-0.2, 0) is 10.8 Å². The second-order valence-electron chi connectivity index (χ2n) is 13.0. The molecule has 0 heterocycles. The normalized spacial score (nSPS) is 11.9. The summed E-state index contributed by atoms with van der Waals surface area (Å²) in [7, 11) is 1.59. The summed E-state index contributed by atoms with van der Waals surface area (Å²) in [6.07, 6.45) is 0.0808. The number of hydrogen-bond donors (Lipinski definition) is 2. The van der Waals surface area contributed by atoms with E-state index < -0.39 is 6.17 Å². The molecule has 0 unspecified atom stereocenters. The molecule has 0 aliphatic heterocycles. The molecule has 3 aromatic rings. The molecule has 2 amide bonds. The van der Waals surface area contributed by atoms with Crippen molar-refractivity contribution in [1.29, 1.82) is 0 Å². The standard InChI is InChI=1S/C35H46N2O4/c1-23(2)20-21-41-30-22-26(14-19-29(30)40-9)31(36-32(38)24-10-15-27(16-11-24)34(3,4)5)37-33(39)25-12-17-28(18-13-25)35(6,7)8/h10-19,22-23,31H,20-21H2,1-9H3,(H,36,38)(H,37,39). The van der Waals surface area contributed by atoms with Gasteiger partial charge in [-0.2, -0.15) is 0 Å². The average molecular weight is 559 g/mol. The minimum atomic E-state index is -0.807. The summed E-state index contributed by atoms with van der Waals surface area (Å²) in [5.41, 5.74) is 3.91. The third-order valence-electron chi connectivity index (χ3n) is 7.05. The molecule has 41 heavy (non-hydrogen) atoms.